The third-order valence-electron chi connectivity index (χ3n) is 4.68. The van der Waals surface area contributed by atoms with Gasteiger partial charge in [-0.05, 0) is 18.2 Å². The number of nitrogens with one attached hydrogen (secondary N) is 1. The number of piperazine rings is 1. The summed E-state index contributed by atoms with van der Waals surface area (Å²) in [6.07, 6.45) is 2.56. The third kappa shape index (κ3) is 4.38. The summed E-state index contributed by atoms with van der Waals surface area (Å²) in [5, 5.41) is 5.74. The van der Waals surface area contributed by atoms with E-state index in [1.807, 2.05) is 29.6 Å². The highest BCUT2D eigenvalue weighted by Gasteiger charge is 2.17. The molecule has 1 aliphatic rings. The Morgan fingerprint density at radius 2 is 1.93 bits per heavy atom. The van der Waals surface area contributed by atoms with Gasteiger partial charge in [-0.3, -0.25) is 14.9 Å². The Bertz CT molecular complexity index is 1020. The molecule has 0 spiro atoms. The fourth-order valence-electron chi connectivity index (χ4n) is 3.08. The molecule has 1 aliphatic heterocycles. The molecule has 9 heteroatoms. The lowest BCUT2D eigenvalue weighted by Crippen LogP contribution is -2.45. The van der Waals surface area contributed by atoms with E-state index < -0.39 is 0 Å². The van der Waals surface area contributed by atoms with Crippen molar-refractivity contribution in [2.24, 2.45) is 0 Å². The first-order valence-corrected chi connectivity index (χ1v) is 10.3. The van der Waals surface area contributed by atoms with E-state index >= 15 is 0 Å². The predicted molar refractivity (Wildman–Crippen MR) is 115 cm³/mol. The number of rotatable bonds is 5. The highest BCUT2D eigenvalue weighted by Crippen LogP contribution is 2.30. The van der Waals surface area contributed by atoms with Gasteiger partial charge in [-0.2, -0.15) is 0 Å². The number of halogens is 1. The van der Waals surface area contributed by atoms with Gasteiger partial charge in [-0.25, -0.2) is 9.97 Å². The van der Waals surface area contributed by atoms with E-state index in [4.69, 9.17) is 11.6 Å². The van der Waals surface area contributed by atoms with Crippen LogP contribution in [0.15, 0.2) is 48.0 Å². The SMILES string of the molecule is O=CN1CCN(c2ccc(C(=O)Nc3nc(-c4ccccc4Cl)cs3)nc2)CC1. The van der Waals surface area contributed by atoms with Crippen molar-refractivity contribution in [2.45, 2.75) is 0 Å². The van der Waals surface area contributed by atoms with E-state index in [0.29, 0.717) is 34.6 Å². The number of benzene rings is 1. The molecule has 0 atom stereocenters. The second kappa shape index (κ2) is 8.59. The number of hydrogen-bond donors (Lipinski definition) is 1. The second-order valence-electron chi connectivity index (χ2n) is 6.50. The van der Waals surface area contributed by atoms with Crippen LogP contribution in [0, 0.1) is 0 Å². The molecule has 0 unspecified atom stereocenters. The Morgan fingerprint density at radius 3 is 2.62 bits per heavy atom. The second-order valence-corrected chi connectivity index (χ2v) is 7.77. The van der Waals surface area contributed by atoms with Gasteiger partial charge in [0.1, 0.15) is 5.69 Å². The number of nitrogens with zero attached hydrogens (tertiary/aromatic N) is 4. The molecule has 1 fully saturated rings. The summed E-state index contributed by atoms with van der Waals surface area (Å²) < 4.78 is 0. The third-order valence-corrected chi connectivity index (χ3v) is 5.77. The largest absolute Gasteiger partial charge is 0.367 e. The van der Waals surface area contributed by atoms with Crippen LogP contribution in [0.4, 0.5) is 10.8 Å². The normalized spacial score (nSPS) is 14.0. The molecule has 0 bridgehead atoms. The van der Waals surface area contributed by atoms with Crippen molar-refractivity contribution in [3.63, 3.8) is 0 Å². The van der Waals surface area contributed by atoms with Crippen molar-refractivity contribution >= 4 is 46.1 Å². The van der Waals surface area contributed by atoms with Crippen LogP contribution in [0.1, 0.15) is 10.5 Å². The molecule has 2 aromatic heterocycles. The molecule has 3 heterocycles. The van der Waals surface area contributed by atoms with Crippen molar-refractivity contribution in [1.29, 1.82) is 0 Å². The van der Waals surface area contributed by atoms with E-state index in [2.05, 4.69) is 20.2 Å². The number of pyridine rings is 1. The van der Waals surface area contributed by atoms with Crippen LogP contribution < -0.4 is 10.2 Å². The summed E-state index contributed by atoms with van der Waals surface area (Å²) in [5.74, 6) is -0.317. The Hall–Kier alpha value is -2.97. The average molecular weight is 428 g/mol. The van der Waals surface area contributed by atoms with Gasteiger partial charge < -0.3 is 9.80 Å². The summed E-state index contributed by atoms with van der Waals surface area (Å²) in [6.45, 7) is 2.86. The number of anilines is 2. The van der Waals surface area contributed by atoms with Gasteiger partial charge in [-0.15, -0.1) is 11.3 Å². The van der Waals surface area contributed by atoms with E-state index in [9.17, 15) is 9.59 Å². The van der Waals surface area contributed by atoms with Gasteiger partial charge in [0, 0.05) is 42.1 Å². The highest BCUT2D eigenvalue weighted by atomic mass is 35.5. The standard InChI is InChI=1S/C20H18ClN5O2S/c21-16-4-2-1-3-15(16)18-12-29-20(23-18)24-19(28)17-6-5-14(11-22-17)26-9-7-25(13-27)8-10-26/h1-6,11-13H,7-10H2,(H,23,24,28). The topological polar surface area (TPSA) is 78.4 Å². The first kappa shape index (κ1) is 19.4. The van der Waals surface area contributed by atoms with E-state index in [0.717, 1.165) is 30.8 Å². The summed E-state index contributed by atoms with van der Waals surface area (Å²) in [4.78, 5) is 35.9. The Morgan fingerprint density at radius 1 is 1.14 bits per heavy atom. The maximum atomic E-state index is 12.5. The molecule has 1 aromatic carbocycles. The maximum Gasteiger partial charge on any atom is 0.276 e. The maximum absolute atomic E-state index is 12.5. The summed E-state index contributed by atoms with van der Waals surface area (Å²) in [6, 6.07) is 11.0. The summed E-state index contributed by atoms with van der Waals surface area (Å²) in [7, 11) is 0. The van der Waals surface area contributed by atoms with Gasteiger partial charge in [0.25, 0.3) is 5.91 Å². The Labute approximate surface area is 177 Å². The van der Waals surface area contributed by atoms with E-state index in [-0.39, 0.29) is 5.91 Å². The lowest BCUT2D eigenvalue weighted by molar-refractivity contribution is -0.118. The smallest absolute Gasteiger partial charge is 0.276 e. The van der Waals surface area contributed by atoms with E-state index in [1.165, 1.54) is 11.3 Å². The van der Waals surface area contributed by atoms with E-state index in [1.54, 1.807) is 23.2 Å². The number of amides is 2. The summed E-state index contributed by atoms with van der Waals surface area (Å²) >= 11 is 7.54. The van der Waals surface area contributed by atoms with Gasteiger partial charge in [0.2, 0.25) is 6.41 Å². The molecule has 0 saturated carbocycles. The molecule has 1 saturated heterocycles. The number of carbonyl (C=O) groups is 2. The van der Waals surface area contributed by atoms with Crippen LogP contribution in [0.3, 0.4) is 0 Å². The Kier molecular flexibility index (Phi) is 5.73. The number of hydrogen-bond acceptors (Lipinski definition) is 6. The Balaban J connectivity index is 1.40. The minimum Gasteiger partial charge on any atom is -0.367 e. The molecule has 7 nitrogen and oxygen atoms in total. The highest BCUT2D eigenvalue weighted by molar-refractivity contribution is 7.14. The molecular weight excluding hydrogens is 410 g/mol. The molecular formula is C20H18ClN5O2S. The van der Waals surface area contributed by atoms with Crippen LogP contribution in [0.2, 0.25) is 5.02 Å². The number of carbonyl (C=O) groups excluding carboxylic acids is 2. The van der Waals surface area contributed by atoms with Crippen LogP contribution in [0.5, 0.6) is 0 Å². The fourth-order valence-corrected chi connectivity index (χ4v) is 4.02. The first-order valence-electron chi connectivity index (χ1n) is 9.06. The van der Waals surface area contributed by atoms with Crippen LogP contribution >= 0.6 is 22.9 Å². The minimum absolute atomic E-state index is 0.315. The number of thiazole rings is 1. The van der Waals surface area contributed by atoms with Crippen molar-refractivity contribution in [3.05, 3.63) is 58.7 Å². The molecule has 3 aromatic rings. The molecule has 0 radical (unpaired) electrons. The summed E-state index contributed by atoms with van der Waals surface area (Å²) in [5.41, 5.74) is 2.79. The quantitative estimate of drug-likeness (QED) is 0.631. The van der Waals surface area contributed by atoms with Gasteiger partial charge in [0.15, 0.2) is 5.13 Å². The van der Waals surface area contributed by atoms with Crippen LogP contribution in [-0.2, 0) is 4.79 Å². The van der Waals surface area contributed by atoms with Gasteiger partial charge in [-0.1, -0.05) is 29.8 Å². The molecule has 29 heavy (non-hydrogen) atoms. The average Bonchev–Trinajstić information content (AvgIpc) is 3.22. The lowest BCUT2D eigenvalue weighted by atomic mass is 10.2. The van der Waals surface area contributed by atoms with Crippen molar-refractivity contribution in [2.75, 3.05) is 36.4 Å². The van der Waals surface area contributed by atoms with Crippen molar-refractivity contribution in [3.8, 4) is 11.3 Å². The minimum atomic E-state index is -0.317. The van der Waals surface area contributed by atoms with Crippen LogP contribution in [-0.4, -0.2) is 53.4 Å². The molecule has 0 aliphatic carbocycles. The zero-order valence-corrected chi connectivity index (χ0v) is 17.0. The molecule has 148 valence electrons. The predicted octanol–water partition coefficient (Wildman–Crippen LogP) is 3.39. The van der Waals surface area contributed by atoms with Gasteiger partial charge in [0.05, 0.1) is 17.6 Å². The molecule has 2 amide bonds. The zero-order valence-electron chi connectivity index (χ0n) is 15.4. The molecule has 4 rings (SSSR count). The van der Waals surface area contributed by atoms with Crippen molar-refractivity contribution < 1.29 is 9.59 Å². The monoisotopic (exact) mass is 427 g/mol. The lowest BCUT2D eigenvalue weighted by Gasteiger charge is -2.33. The van der Waals surface area contributed by atoms with Crippen LogP contribution in [0.25, 0.3) is 11.3 Å². The fraction of sp³-hybridized carbons (Fsp3) is 0.200. The molecule has 1 N–H and O–H groups in total. The zero-order chi connectivity index (χ0) is 20.2. The van der Waals surface area contributed by atoms with Crippen molar-refractivity contribution in [1.82, 2.24) is 14.9 Å². The first-order chi connectivity index (χ1) is 14.1. The van der Waals surface area contributed by atoms with Gasteiger partial charge >= 0.3 is 0 Å². The number of aromatic nitrogens is 2.